The molecule has 0 radical (unpaired) electrons. The van der Waals surface area contributed by atoms with E-state index in [0.717, 1.165) is 8.04 Å². The van der Waals surface area contributed by atoms with Gasteiger partial charge in [0.2, 0.25) is 0 Å². The van der Waals surface area contributed by atoms with Crippen LogP contribution in [0.1, 0.15) is 10.4 Å². The zero-order chi connectivity index (χ0) is 20.7. The lowest BCUT2D eigenvalue weighted by Gasteiger charge is -2.12. The van der Waals surface area contributed by atoms with Crippen LogP contribution in [0.15, 0.2) is 45.3 Å². The summed E-state index contributed by atoms with van der Waals surface area (Å²) in [5, 5.41) is 2.43. The summed E-state index contributed by atoms with van der Waals surface area (Å²) in [6.07, 6.45) is 0. The van der Waals surface area contributed by atoms with Crippen molar-refractivity contribution in [3.05, 3.63) is 54.5 Å². The number of carbonyl (C=O) groups excluding carboxylic acids is 2. The normalized spacial score (nSPS) is 10.0. The molecule has 0 fully saturated rings. The van der Waals surface area contributed by atoms with E-state index in [9.17, 15) is 9.59 Å². The fourth-order valence-corrected chi connectivity index (χ4v) is 3.95. The van der Waals surface area contributed by atoms with E-state index >= 15 is 0 Å². The molecule has 7 nitrogen and oxygen atoms in total. The van der Waals surface area contributed by atoms with E-state index in [0.29, 0.717) is 21.5 Å². The number of benzene rings is 2. The maximum atomic E-state index is 12.2. The Morgan fingerprint density at radius 2 is 1.82 bits per heavy atom. The topological polar surface area (TPSA) is 88.7 Å². The third kappa shape index (κ3) is 6.87. The van der Waals surface area contributed by atoms with Gasteiger partial charge in [-0.15, -0.1) is 0 Å². The average molecular weight is 643 g/mol. The number of thiocarbonyl (C=S) groups is 1. The van der Waals surface area contributed by atoms with Crippen molar-refractivity contribution in [3.63, 3.8) is 0 Å². The summed E-state index contributed by atoms with van der Waals surface area (Å²) in [6.45, 7) is -0.236. The van der Waals surface area contributed by atoms with Crippen LogP contribution < -0.4 is 25.6 Å². The number of methoxy groups -OCH3 is 1. The van der Waals surface area contributed by atoms with Crippen molar-refractivity contribution in [2.75, 3.05) is 13.7 Å². The second-order valence-corrected chi connectivity index (χ2v) is 8.51. The Hall–Kier alpha value is -1.44. The quantitative estimate of drug-likeness (QED) is 0.263. The summed E-state index contributed by atoms with van der Waals surface area (Å²) in [5.41, 5.74) is 5.22. The first kappa shape index (κ1) is 22.8. The zero-order valence-corrected chi connectivity index (χ0v) is 20.5. The number of halogens is 3. The summed E-state index contributed by atoms with van der Waals surface area (Å²) in [4.78, 5) is 24.1. The van der Waals surface area contributed by atoms with Crippen molar-refractivity contribution in [3.8, 4) is 11.5 Å². The van der Waals surface area contributed by atoms with Crippen LogP contribution in [0.2, 0.25) is 0 Å². The summed E-state index contributed by atoms with van der Waals surface area (Å²) in [7, 11) is 1.55. The fourth-order valence-electron chi connectivity index (χ4n) is 1.91. The number of hydrogen-bond donors (Lipinski definition) is 3. The van der Waals surface area contributed by atoms with E-state index < -0.39 is 11.8 Å². The van der Waals surface area contributed by atoms with E-state index in [2.05, 4.69) is 70.6 Å². The van der Waals surface area contributed by atoms with Crippen LogP contribution in [0.5, 0.6) is 11.5 Å². The molecular formula is C17H14Br2IN3O4S. The minimum Gasteiger partial charge on any atom is -0.496 e. The molecule has 0 saturated carbocycles. The van der Waals surface area contributed by atoms with Gasteiger partial charge >= 0.3 is 0 Å². The predicted octanol–water partition coefficient (Wildman–Crippen LogP) is 3.54. The average Bonchev–Trinajstić information content (AvgIpc) is 2.65. The van der Waals surface area contributed by atoms with E-state index in [4.69, 9.17) is 21.7 Å². The highest BCUT2D eigenvalue weighted by atomic mass is 127. The number of rotatable bonds is 5. The Labute approximate surface area is 197 Å². The van der Waals surface area contributed by atoms with E-state index in [1.165, 1.54) is 0 Å². The first-order valence-corrected chi connectivity index (χ1v) is 10.7. The molecule has 2 rings (SSSR count). The van der Waals surface area contributed by atoms with Crippen LogP contribution >= 0.6 is 66.7 Å². The highest BCUT2D eigenvalue weighted by molar-refractivity contribution is 14.1. The highest BCUT2D eigenvalue weighted by Gasteiger charge is 2.11. The van der Waals surface area contributed by atoms with Crippen LogP contribution in [0.3, 0.4) is 0 Å². The molecule has 0 heterocycles. The Morgan fingerprint density at radius 1 is 1.11 bits per heavy atom. The van der Waals surface area contributed by atoms with E-state index in [-0.39, 0.29) is 11.7 Å². The molecule has 148 valence electrons. The molecule has 2 aromatic carbocycles. The Kier molecular flexibility index (Phi) is 8.92. The monoisotopic (exact) mass is 641 g/mol. The third-order valence-corrected chi connectivity index (χ3v) is 5.37. The van der Waals surface area contributed by atoms with Gasteiger partial charge in [-0.3, -0.25) is 25.8 Å². The van der Waals surface area contributed by atoms with Gasteiger partial charge in [-0.05, 0) is 87.1 Å². The van der Waals surface area contributed by atoms with Crippen LogP contribution in [0.4, 0.5) is 0 Å². The van der Waals surface area contributed by atoms with Crippen molar-refractivity contribution < 1.29 is 19.1 Å². The number of carbonyl (C=O) groups is 2. The molecule has 0 bridgehead atoms. The first-order valence-electron chi connectivity index (χ1n) is 7.61. The van der Waals surface area contributed by atoms with E-state index in [1.807, 2.05) is 0 Å². The molecule has 11 heteroatoms. The molecule has 0 aliphatic heterocycles. The second-order valence-electron chi connectivity index (χ2n) is 5.17. The maximum absolute atomic E-state index is 12.2. The number of nitrogens with one attached hydrogen (secondary N) is 3. The van der Waals surface area contributed by atoms with Gasteiger partial charge in [-0.25, -0.2) is 0 Å². The number of hydrogen-bond acceptors (Lipinski definition) is 5. The van der Waals surface area contributed by atoms with Crippen LogP contribution in [-0.2, 0) is 4.79 Å². The predicted molar refractivity (Wildman–Crippen MR) is 124 cm³/mol. The molecule has 0 atom stereocenters. The molecule has 2 aromatic rings. The summed E-state index contributed by atoms with van der Waals surface area (Å²) < 4.78 is 12.9. The molecule has 0 unspecified atom stereocenters. The number of amides is 2. The van der Waals surface area contributed by atoms with Gasteiger partial charge in [0.1, 0.15) is 11.5 Å². The molecule has 28 heavy (non-hydrogen) atoms. The lowest BCUT2D eigenvalue weighted by atomic mass is 10.2. The van der Waals surface area contributed by atoms with Gasteiger partial charge < -0.3 is 9.47 Å². The summed E-state index contributed by atoms with van der Waals surface area (Å²) >= 11 is 13.7. The smallest absolute Gasteiger partial charge is 0.276 e. The maximum Gasteiger partial charge on any atom is 0.276 e. The fraction of sp³-hybridized carbons (Fsp3) is 0.118. The third-order valence-electron chi connectivity index (χ3n) is 3.21. The van der Waals surface area contributed by atoms with Crippen LogP contribution in [0.25, 0.3) is 0 Å². The van der Waals surface area contributed by atoms with Gasteiger partial charge in [0, 0.05) is 10.0 Å². The Morgan fingerprint density at radius 3 is 2.46 bits per heavy atom. The minimum atomic E-state index is -0.467. The van der Waals surface area contributed by atoms with Crippen LogP contribution in [-0.4, -0.2) is 30.6 Å². The number of hydrazine groups is 1. The van der Waals surface area contributed by atoms with Crippen LogP contribution in [0, 0.1) is 3.57 Å². The number of ether oxygens (including phenoxy) is 2. The van der Waals surface area contributed by atoms with Gasteiger partial charge in [0.15, 0.2) is 11.7 Å². The summed E-state index contributed by atoms with van der Waals surface area (Å²) in [5.74, 6) is 0.304. The standard InChI is InChI=1S/C17H14Br2IN3O4S/c1-26-14-4-2-9(6-12(14)20)16(25)21-17(28)23-22-15(24)8-27-13-5-3-10(18)7-11(13)19/h2-7H,8H2,1H3,(H,22,24)(H2,21,23,25,28). The molecule has 0 aliphatic rings. The highest BCUT2D eigenvalue weighted by Crippen LogP contribution is 2.28. The largest absolute Gasteiger partial charge is 0.496 e. The van der Waals surface area contributed by atoms with Gasteiger partial charge in [0.05, 0.1) is 15.2 Å². The van der Waals surface area contributed by atoms with Gasteiger partial charge in [0.25, 0.3) is 11.8 Å². The Balaban J connectivity index is 1.79. The Bertz CT molecular complexity index is 914. The van der Waals surface area contributed by atoms with E-state index in [1.54, 1.807) is 43.5 Å². The molecule has 0 aromatic heterocycles. The molecule has 2 amide bonds. The lowest BCUT2D eigenvalue weighted by Crippen LogP contribution is -2.49. The molecule has 0 aliphatic carbocycles. The molecular weight excluding hydrogens is 629 g/mol. The van der Waals surface area contributed by atoms with Crippen molar-refractivity contribution >= 4 is 83.6 Å². The van der Waals surface area contributed by atoms with Gasteiger partial charge in [-0.2, -0.15) is 0 Å². The van der Waals surface area contributed by atoms with Gasteiger partial charge in [-0.1, -0.05) is 15.9 Å². The minimum absolute atomic E-state index is 0.0472. The lowest BCUT2D eigenvalue weighted by molar-refractivity contribution is -0.123. The SMILES string of the molecule is COc1ccc(C(=O)NC(=S)NNC(=O)COc2ccc(Br)cc2Br)cc1I. The van der Waals surface area contributed by atoms with Crippen molar-refractivity contribution in [2.45, 2.75) is 0 Å². The second kappa shape index (κ2) is 10.9. The van der Waals surface area contributed by atoms with Crippen molar-refractivity contribution in [1.82, 2.24) is 16.2 Å². The summed E-state index contributed by atoms with van der Waals surface area (Å²) in [6, 6.07) is 10.3. The zero-order valence-electron chi connectivity index (χ0n) is 14.3. The molecule has 0 saturated heterocycles. The first-order chi connectivity index (χ1) is 13.3. The molecule has 0 spiro atoms. The van der Waals surface area contributed by atoms with Crippen molar-refractivity contribution in [2.24, 2.45) is 0 Å². The molecule has 3 N–H and O–H groups in total. The van der Waals surface area contributed by atoms with Crippen molar-refractivity contribution in [1.29, 1.82) is 0 Å².